The highest BCUT2D eigenvalue weighted by molar-refractivity contribution is 7.80. The molecule has 2 rings (SSSR count). The van der Waals surface area contributed by atoms with Gasteiger partial charge in [0.1, 0.15) is 23.1 Å². The van der Waals surface area contributed by atoms with E-state index in [4.69, 9.17) is 27.1 Å². The summed E-state index contributed by atoms with van der Waals surface area (Å²) in [5.41, 5.74) is 7.49. The zero-order chi connectivity index (χ0) is 12.3. The lowest BCUT2D eigenvalue weighted by Crippen LogP contribution is -2.11. The Kier molecular flexibility index (Phi) is 3.44. The van der Waals surface area contributed by atoms with E-state index in [2.05, 4.69) is 0 Å². The van der Waals surface area contributed by atoms with Crippen molar-refractivity contribution in [2.75, 3.05) is 0 Å². The fraction of sp³-hybridized carbons (Fsp3) is 0.154. The zero-order valence-corrected chi connectivity index (χ0v) is 10.3. The first kappa shape index (κ1) is 11.7. The standard InChI is InChI=1S/C13H13NO2S/c1-9-4-5-11(13(14)17)12(7-9)16-8-10-3-2-6-15-10/h2-7H,8H2,1H3,(H2,14,17). The summed E-state index contributed by atoms with van der Waals surface area (Å²) in [6.45, 7) is 2.36. The Labute approximate surface area is 105 Å². The molecule has 0 fully saturated rings. The number of hydrogen-bond donors (Lipinski definition) is 1. The third-order valence-corrected chi connectivity index (χ3v) is 2.57. The van der Waals surface area contributed by atoms with Crippen molar-refractivity contribution in [3.05, 3.63) is 53.5 Å². The molecule has 1 aromatic heterocycles. The number of thiocarbonyl (C=S) groups is 1. The van der Waals surface area contributed by atoms with Crippen LogP contribution in [0.2, 0.25) is 0 Å². The van der Waals surface area contributed by atoms with Crippen LogP contribution in [0.5, 0.6) is 5.75 Å². The van der Waals surface area contributed by atoms with Crippen LogP contribution in [0, 0.1) is 6.92 Å². The minimum absolute atomic E-state index is 0.333. The summed E-state index contributed by atoms with van der Waals surface area (Å²) in [7, 11) is 0. The molecule has 0 amide bonds. The first-order valence-electron chi connectivity index (χ1n) is 5.22. The van der Waals surface area contributed by atoms with Crippen molar-refractivity contribution in [1.29, 1.82) is 0 Å². The fourth-order valence-corrected chi connectivity index (χ4v) is 1.66. The van der Waals surface area contributed by atoms with Gasteiger partial charge in [-0.25, -0.2) is 0 Å². The number of hydrogen-bond acceptors (Lipinski definition) is 3. The van der Waals surface area contributed by atoms with Gasteiger partial charge in [0.2, 0.25) is 0 Å². The molecular formula is C13H13NO2S. The van der Waals surface area contributed by atoms with Crippen LogP contribution in [0.15, 0.2) is 41.0 Å². The van der Waals surface area contributed by atoms with Crippen LogP contribution >= 0.6 is 12.2 Å². The molecule has 17 heavy (non-hydrogen) atoms. The quantitative estimate of drug-likeness (QED) is 0.844. The number of rotatable bonds is 4. The molecule has 2 N–H and O–H groups in total. The summed E-state index contributed by atoms with van der Waals surface area (Å²) < 4.78 is 10.9. The molecule has 3 nitrogen and oxygen atoms in total. The Hall–Kier alpha value is -1.81. The van der Waals surface area contributed by atoms with E-state index in [0.29, 0.717) is 17.3 Å². The molecule has 1 aromatic carbocycles. The molecule has 0 spiro atoms. The maximum absolute atomic E-state index is 5.66. The van der Waals surface area contributed by atoms with Gasteiger partial charge < -0.3 is 14.9 Å². The molecular weight excluding hydrogens is 234 g/mol. The summed E-state index contributed by atoms with van der Waals surface area (Å²) in [5.74, 6) is 1.45. The van der Waals surface area contributed by atoms with E-state index in [-0.39, 0.29) is 0 Å². The molecule has 0 bridgehead atoms. The summed E-state index contributed by atoms with van der Waals surface area (Å²) >= 11 is 4.98. The minimum Gasteiger partial charge on any atom is -0.485 e. The largest absolute Gasteiger partial charge is 0.485 e. The van der Waals surface area contributed by atoms with Crippen LogP contribution < -0.4 is 10.5 Å². The van der Waals surface area contributed by atoms with E-state index in [1.165, 1.54) is 0 Å². The molecule has 0 saturated carbocycles. The number of furan rings is 1. The van der Waals surface area contributed by atoms with Crippen LogP contribution in [0.3, 0.4) is 0 Å². The van der Waals surface area contributed by atoms with E-state index < -0.39 is 0 Å². The van der Waals surface area contributed by atoms with Gasteiger partial charge in [0.05, 0.1) is 11.8 Å². The van der Waals surface area contributed by atoms with Crippen LogP contribution in [0.25, 0.3) is 0 Å². The highest BCUT2D eigenvalue weighted by Crippen LogP contribution is 2.21. The van der Waals surface area contributed by atoms with Crippen molar-refractivity contribution in [3.8, 4) is 5.75 Å². The van der Waals surface area contributed by atoms with Gasteiger partial charge in [-0.3, -0.25) is 0 Å². The average Bonchev–Trinajstić information content (AvgIpc) is 2.78. The average molecular weight is 247 g/mol. The lowest BCUT2D eigenvalue weighted by Gasteiger charge is -2.10. The van der Waals surface area contributed by atoms with Crippen LogP contribution in [-0.4, -0.2) is 4.99 Å². The Morgan fingerprint density at radius 3 is 2.88 bits per heavy atom. The predicted molar refractivity (Wildman–Crippen MR) is 70.1 cm³/mol. The van der Waals surface area contributed by atoms with Crippen LogP contribution in [-0.2, 0) is 6.61 Å². The molecule has 1 heterocycles. The van der Waals surface area contributed by atoms with E-state index in [0.717, 1.165) is 16.9 Å². The van der Waals surface area contributed by atoms with Gasteiger partial charge in [0.15, 0.2) is 0 Å². The zero-order valence-electron chi connectivity index (χ0n) is 9.47. The van der Waals surface area contributed by atoms with Crippen LogP contribution in [0.1, 0.15) is 16.9 Å². The van der Waals surface area contributed by atoms with E-state index >= 15 is 0 Å². The van der Waals surface area contributed by atoms with E-state index in [1.54, 1.807) is 6.26 Å². The van der Waals surface area contributed by atoms with Crippen molar-refractivity contribution < 1.29 is 9.15 Å². The summed E-state index contributed by atoms with van der Waals surface area (Å²) in [6.07, 6.45) is 1.61. The first-order chi connectivity index (χ1) is 8.16. The number of benzene rings is 1. The lowest BCUT2D eigenvalue weighted by molar-refractivity contribution is 0.270. The highest BCUT2D eigenvalue weighted by Gasteiger charge is 2.07. The van der Waals surface area contributed by atoms with Crippen molar-refractivity contribution in [3.63, 3.8) is 0 Å². The Bertz CT molecular complexity index is 520. The molecule has 0 aliphatic heterocycles. The van der Waals surface area contributed by atoms with Gasteiger partial charge in [-0.15, -0.1) is 0 Å². The SMILES string of the molecule is Cc1ccc(C(N)=S)c(OCc2ccco2)c1. The number of aryl methyl sites for hydroxylation is 1. The Balaban J connectivity index is 2.19. The molecule has 0 aliphatic rings. The number of ether oxygens (including phenoxy) is 1. The molecule has 88 valence electrons. The molecule has 2 aromatic rings. The second-order valence-electron chi connectivity index (χ2n) is 3.73. The first-order valence-corrected chi connectivity index (χ1v) is 5.63. The molecule has 0 aliphatic carbocycles. The molecule has 4 heteroatoms. The maximum atomic E-state index is 5.66. The Morgan fingerprint density at radius 2 is 2.24 bits per heavy atom. The molecule has 0 unspecified atom stereocenters. The molecule has 0 saturated heterocycles. The van der Waals surface area contributed by atoms with Gasteiger partial charge in [-0.05, 0) is 36.8 Å². The summed E-state index contributed by atoms with van der Waals surface area (Å²) in [5, 5.41) is 0. The molecule has 0 radical (unpaired) electrons. The normalized spacial score (nSPS) is 10.2. The lowest BCUT2D eigenvalue weighted by atomic mass is 10.1. The third-order valence-electron chi connectivity index (χ3n) is 2.35. The van der Waals surface area contributed by atoms with E-state index in [9.17, 15) is 0 Å². The second kappa shape index (κ2) is 5.01. The van der Waals surface area contributed by atoms with Crippen molar-refractivity contribution in [1.82, 2.24) is 0 Å². The summed E-state index contributed by atoms with van der Waals surface area (Å²) in [6, 6.07) is 9.42. The minimum atomic E-state index is 0.333. The van der Waals surface area contributed by atoms with E-state index in [1.807, 2.05) is 37.3 Å². The van der Waals surface area contributed by atoms with Gasteiger partial charge in [0.25, 0.3) is 0 Å². The van der Waals surface area contributed by atoms with Crippen molar-refractivity contribution in [2.45, 2.75) is 13.5 Å². The summed E-state index contributed by atoms with van der Waals surface area (Å²) in [4.78, 5) is 0.333. The van der Waals surface area contributed by atoms with Gasteiger partial charge in [-0.1, -0.05) is 18.3 Å². The molecule has 0 atom stereocenters. The maximum Gasteiger partial charge on any atom is 0.146 e. The van der Waals surface area contributed by atoms with Gasteiger partial charge >= 0.3 is 0 Å². The number of nitrogens with two attached hydrogens (primary N) is 1. The second-order valence-corrected chi connectivity index (χ2v) is 4.17. The highest BCUT2D eigenvalue weighted by atomic mass is 32.1. The van der Waals surface area contributed by atoms with Crippen LogP contribution in [0.4, 0.5) is 0 Å². The monoisotopic (exact) mass is 247 g/mol. The predicted octanol–water partition coefficient (Wildman–Crippen LogP) is 2.80. The van der Waals surface area contributed by atoms with Gasteiger partial charge in [-0.2, -0.15) is 0 Å². The Morgan fingerprint density at radius 1 is 1.41 bits per heavy atom. The van der Waals surface area contributed by atoms with Crippen molar-refractivity contribution in [2.24, 2.45) is 5.73 Å². The third kappa shape index (κ3) is 2.85. The topological polar surface area (TPSA) is 48.4 Å². The fourth-order valence-electron chi connectivity index (χ4n) is 1.50. The van der Waals surface area contributed by atoms with Crippen molar-refractivity contribution >= 4 is 17.2 Å². The van der Waals surface area contributed by atoms with Gasteiger partial charge in [0, 0.05) is 0 Å². The smallest absolute Gasteiger partial charge is 0.146 e.